The largest absolute Gasteiger partial charge is 0.451 e. The minimum atomic E-state index is -1.09. The van der Waals surface area contributed by atoms with Gasteiger partial charge in [-0.2, -0.15) is 4.98 Å². The van der Waals surface area contributed by atoms with E-state index in [2.05, 4.69) is 25.6 Å². The Labute approximate surface area is 333 Å². The number of carbonyl (C=O) groups is 4. The van der Waals surface area contributed by atoms with Gasteiger partial charge in [0.1, 0.15) is 19.2 Å². The molecule has 1 unspecified atom stereocenters. The van der Waals surface area contributed by atoms with Gasteiger partial charge in [0.15, 0.2) is 17.3 Å². The van der Waals surface area contributed by atoms with E-state index in [0.29, 0.717) is 0 Å². The summed E-state index contributed by atoms with van der Waals surface area (Å²) in [4.78, 5) is 79.6. The molecule has 3 heterocycles. The van der Waals surface area contributed by atoms with Gasteiger partial charge < -0.3 is 24.3 Å². The van der Waals surface area contributed by atoms with E-state index in [1.807, 2.05) is 109 Å². The molecule has 8 rings (SSSR count). The number of fused-ring (bicyclic) bond motifs is 4. The third-order valence-corrected chi connectivity index (χ3v) is 10.6. The SMILES string of the molecule is CC(C)C(=O)Nc1nc2c(ncn2C2C[C@H](C(=O)OC(c3ccccc3)c3ccccc3)N(C(=O)CNC(=O)OCC3c4ccccc4-c4ccccc43)C2)c(=O)[nH]1. The molecule has 2 atom stereocenters. The lowest BCUT2D eigenvalue weighted by Crippen LogP contribution is -2.46. The highest BCUT2D eigenvalue weighted by molar-refractivity contribution is 5.91. The van der Waals surface area contributed by atoms with Gasteiger partial charge in [0.25, 0.3) is 5.56 Å². The maximum Gasteiger partial charge on any atom is 0.407 e. The quantitative estimate of drug-likeness (QED) is 0.139. The molecule has 58 heavy (non-hydrogen) atoms. The van der Waals surface area contributed by atoms with Crippen LogP contribution in [0.15, 0.2) is 120 Å². The molecule has 2 aliphatic rings. The van der Waals surface area contributed by atoms with Crippen molar-refractivity contribution < 1.29 is 28.7 Å². The molecule has 14 nitrogen and oxygen atoms in total. The number of esters is 1. The van der Waals surface area contributed by atoms with E-state index in [9.17, 15) is 24.0 Å². The van der Waals surface area contributed by atoms with Crippen molar-refractivity contribution in [3.05, 3.63) is 148 Å². The number of hydrogen-bond acceptors (Lipinski definition) is 9. The summed E-state index contributed by atoms with van der Waals surface area (Å²) in [5.74, 6) is -2.14. The summed E-state index contributed by atoms with van der Waals surface area (Å²) in [6.45, 7) is 3.03. The van der Waals surface area contributed by atoms with Crippen LogP contribution in [-0.2, 0) is 23.9 Å². The van der Waals surface area contributed by atoms with E-state index in [0.717, 1.165) is 33.4 Å². The molecule has 1 aliphatic carbocycles. The average molecular weight is 780 g/mol. The summed E-state index contributed by atoms with van der Waals surface area (Å²) in [7, 11) is 0. The van der Waals surface area contributed by atoms with Crippen LogP contribution < -0.4 is 16.2 Å². The first kappa shape index (κ1) is 37.8. The van der Waals surface area contributed by atoms with Crippen LogP contribution in [0.1, 0.15) is 60.6 Å². The highest BCUT2D eigenvalue weighted by atomic mass is 16.6. The maximum absolute atomic E-state index is 14.3. The van der Waals surface area contributed by atoms with E-state index in [4.69, 9.17) is 9.47 Å². The summed E-state index contributed by atoms with van der Waals surface area (Å²) in [6, 6.07) is 32.9. The molecule has 294 valence electrons. The van der Waals surface area contributed by atoms with Crippen LogP contribution in [0, 0.1) is 5.92 Å². The minimum absolute atomic E-state index is 0.0000635. The number of H-pyrrole nitrogens is 1. The summed E-state index contributed by atoms with van der Waals surface area (Å²) in [5, 5.41) is 5.20. The number of rotatable bonds is 11. The number of benzene rings is 4. The number of amides is 3. The van der Waals surface area contributed by atoms with E-state index < -0.39 is 48.3 Å². The number of anilines is 1. The van der Waals surface area contributed by atoms with Gasteiger partial charge in [-0.15, -0.1) is 0 Å². The van der Waals surface area contributed by atoms with Crippen molar-refractivity contribution in [1.29, 1.82) is 0 Å². The molecule has 14 heteroatoms. The van der Waals surface area contributed by atoms with Gasteiger partial charge in [0.05, 0.1) is 12.4 Å². The average Bonchev–Trinajstić information content (AvgIpc) is 3.96. The van der Waals surface area contributed by atoms with Crippen LogP contribution in [0.5, 0.6) is 0 Å². The van der Waals surface area contributed by atoms with Gasteiger partial charge in [0, 0.05) is 24.8 Å². The van der Waals surface area contributed by atoms with Crippen molar-refractivity contribution >= 4 is 41.0 Å². The van der Waals surface area contributed by atoms with Crippen LogP contribution >= 0.6 is 0 Å². The van der Waals surface area contributed by atoms with Gasteiger partial charge in [0.2, 0.25) is 17.8 Å². The molecule has 0 spiro atoms. The lowest BCUT2D eigenvalue weighted by Gasteiger charge is -2.26. The second-order valence-electron chi connectivity index (χ2n) is 14.7. The Morgan fingerprint density at radius 2 is 1.45 bits per heavy atom. The topological polar surface area (TPSA) is 178 Å². The molecule has 0 bridgehead atoms. The zero-order chi connectivity index (χ0) is 40.3. The van der Waals surface area contributed by atoms with E-state index in [1.165, 1.54) is 11.2 Å². The van der Waals surface area contributed by atoms with Gasteiger partial charge in [-0.1, -0.05) is 123 Å². The molecule has 0 radical (unpaired) electrons. The first-order valence-corrected chi connectivity index (χ1v) is 19.1. The fraction of sp³-hybridized carbons (Fsp3) is 0.250. The number of ether oxygens (including phenoxy) is 2. The Hall–Kier alpha value is -7.09. The Morgan fingerprint density at radius 3 is 2.07 bits per heavy atom. The second-order valence-corrected chi connectivity index (χ2v) is 14.7. The summed E-state index contributed by atoms with van der Waals surface area (Å²) < 4.78 is 13.5. The van der Waals surface area contributed by atoms with Crippen LogP contribution in [0.25, 0.3) is 22.3 Å². The van der Waals surface area contributed by atoms with Gasteiger partial charge in [-0.05, 0) is 33.4 Å². The number of aromatic nitrogens is 4. The molecule has 1 fully saturated rings. The Morgan fingerprint density at radius 1 is 0.845 bits per heavy atom. The first-order valence-electron chi connectivity index (χ1n) is 19.1. The Kier molecular flexibility index (Phi) is 10.5. The van der Waals surface area contributed by atoms with Crippen molar-refractivity contribution in [3.63, 3.8) is 0 Å². The van der Waals surface area contributed by atoms with Gasteiger partial charge >= 0.3 is 12.1 Å². The van der Waals surface area contributed by atoms with E-state index >= 15 is 0 Å². The van der Waals surface area contributed by atoms with Crippen molar-refractivity contribution in [2.45, 2.75) is 44.4 Å². The zero-order valence-electron chi connectivity index (χ0n) is 31.8. The molecule has 4 aromatic carbocycles. The number of carbonyl (C=O) groups excluding carboxylic acids is 4. The lowest BCUT2D eigenvalue weighted by molar-refractivity contribution is -0.156. The molecule has 3 N–H and O–H groups in total. The number of alkyl carbamates (subject to hydrolysis) is 1. The van der Waals surface area contributed by atoms with Gasteiger partial charge in [-0.3, -0.25) is 24.7 Å². The molecule has 6 aromatic rings. The fourth-order valence-corrected chi connectivity index (χ4v) is 7.71. The molecule has 2 aromatic heterocycles. The van der Waals surface area contributed by atoms with Crippen molar-refractivity contribution in [1.82, 2.24) is 29.7 Å². The number of likely N-dealkylation sites (tertiary alicyclic amines) is 1. The highest BCUT2D eigenvalue weighted by Crippen LogP contribution is 2.44. The van der Waals surface area contributed by atoms with Crippen LogP contribution in [0.3, 0.4) is 0 Å². The zero-order valence-corrected chi connectivity index (χ0v) is 31.8. The summed E-state index contributed by atoms with van der Waals surface area (Å²) in [6.07, 6.45) is -0.0443. The maximum atomic E-state index is 14.3. The summed E-state index contributed by atoms with van der Waals surface area (Å²) >= 11 is 0. The molecule has 1 aliphatic heterocycles. The molecule has 3 amide bonds. The van der Waals surface area contributed by atoms with E-state index in [-0.39, 0.29) is 54.4 Å². The number of nitrogens with one attached hydrogen (secondary N) is 3. The predicted octanol–water partition coefficient (Wildman–Crippen LogP) is 5.73. The normalized spacial score (nSPS) is 16.0. The van der Waals surface area contributed by atoms with Crippen LogP contribution in [0.2, 0.25) is 0 Å². The molecular formula is C44H41N7O7. The van der Waals surface area contributed by atoms with Crippen molar-refractivity contribution in [3.8, 4) is 11.1 Å². The molecular weight excluding hydrogens is 739 g/mol. The highest BCUT2D eigenvalue weighted by Gasteiger charge is 2.43. The number of hydrogen-bond donors (Lipinski definition) is 3. The Balaban J connectivity index is 1.03. The van der Waals surface area contributed by atoms with E-state index in [1.54, 1.807) is 18.4 Å². The predicted molar refractivity (Wildman–Crippen MR) is 215 cm³/mol. The third-order valence-electron chi connectivity index (χ3n) is 10.6. The standard InChI is InChI=1S/C44H41N7O7/c1-26(2)40(53)48-43-47-39-37(41(54)49-43)46-25-51(39)29-21-35(42(55)58-38(27-13-5-3-6-14-27)28-15-7-4-8-16-28)50(23-29)36(52)22-45-44(56)57-24-34-32-19-11-9-17-30(32)31-18-10-12-20-33(31)34/h3-20,25-26,29,34-35,38H,21-24H2,1-2H3,(H,45,56)(H2,47,48,49,53,54)/t29?,35-/m1/s1. The fourth-order valence-electron chi connectivity index (χ4n) is 7.71. The molecule has 1 saturated heterocycles. The molecule has 0 saturated carbocycles. The smallest absolute Gasteiger partial charge is 0.407 e. The number of nitrogens with zero attached hydrogens (tertiary/aromatic N) is 4. The lowest BCUT2D eigenvalue weighted by atomic mass is 9.98. The monoisotopic (exact) mass is 779 g/mol. The number of aromatic amines is 1. The summed E-state index contributed by atoms with van der Waals surface area (Å²) in [5.41, 5.74) is 5.40. The minimum Gasteiger partial charge on any atom is -0.451 e. The van der Waals surface area contributed by atoms with Crippen molar-refractivity contribution in [2.75, 3.05) is 25.0 Å². The van der Waals surface area contributed by atoms with Crippen molar-refractivity contribution in [2.24, 2.45) is 5.92 Å². The third kappa shape index (κ3) is 7.55. The first-order chi connectivity index (χ1) is 28.2. The van der Waals surface area contributed by atoms with Crippen LogP contribution in [-0.4, -0.2) is 74.0 Å². The Bertz CT molecular complexity index is 2470. The number of imidazole rings is 1. The van der Waals surface area contributed by atoms with Crippen LogP contribution in [0.4, 0.5) is 10.7 Å². The second kappa shape index (κ2) is 16.2. The van der Waals surface area contributed by atoms with Gasteiger partial charge in [-0.25, -0.2) is 14.6 Å².